The molecular formula is C16H24N4O3S. The van der Waals surface area contributed by atoms with Gasteiger partial charge in [0.1, 0.15) is 0 Å². The number of nitrogens with zero attached hydrogens (tertiary/aromatic N) is 4. The summed E-state index contributed by atoms with van der Waals surface area (Å²) in [6.45, 7) is 4.53. The summed E-state index contributed by atoms with van der Waals surface area (Å²) < 4.78 is 26.8. The van der Waals surface area contributed by atoms with Crippen LogP contribution < -0.4 is 5.56 Å². The minimum atomic E-state index is -2.99. The number of hydrogen-bond acceptors (Lipinski definition) is 5. The van der Waals surface area contributed by atoms with Gasteiger partial charge in [-0.2, -0.15) is 5.10 Å². The fourth-order valence-corrected chi connectivity index (χ4v) is 5.50. The number of fused-ring (bicyclic) bond motifs is 1. The summed E-state index contributed by atoms with van der Waals surface area (Å²) in [6.07, 6.45) is 3.81. The molecule has 0 radical (unpaired) electrons. The Morgan fingerprint density at radius 1 is 1.17 bits per heavy atom. The lowest BCUT2D eigenvalue weighted by Crippen LogP contribution is -2.51. The van der Waals surface area contributed by atoms with Gasteiger partial charge in [-0.25, -0.2) is 17.4 Å². The number of likely N-dealkylation sites (tertiary alicyclic amines) is 1. The summed E-state index contributed by atoms with van der Waals surface area (Å²) in [4.78, 5) is 14.4. The maximum absolute atomic E-state index is 12.1. The molecule has 1 aromatic rings. The van der Waals surface area contributed by atoms with E-state index in [1.807, 2.05) is 0 Å². The van der Waals surface area contributed by atoms with E-state index in [4.69, 9.17) is 0 Å². The fraction of sp³-hybridized carbons (Fsp3) is 0.750. The lowest BCUT2D eigenvalue weighted by molar-refractivity contribution is 0.0800. The largest absolute Gasteiger partial charge is 0.301 e. The molecule has 0 bridgehead atoms. The van der Waals surface area contributed by atoms with Crippen molar-refractivity contribution < 1.29 is 8.42 Å². The van der Waals surface area contributed by atoms with Gasteiger partial charge in [-0.1, -0.05) is 0 Å². The Labute approximate surface area is 142 Å². The first kappa shape index (κ1) is 16.2. The molecule has 0 amide bonds. The quantitative estimate of drug-likeness (QED) is 0.727. The molecule has 2 aliphatic heterocycles. The molecule has 0 N–H and O–H groups in total. The second-order valence-electron chi connectivity index (χ2n) is 7.18. The third-order valence-electron chi connectivity index (χ3n) is 5.36. The molecule has 8 heteroatoms. The van der Waals surface area contributed by atoms with Crippen LogP contribution in [0.2, 0.25) is 0 Å². The Morgan fingerprint density at radius 3 is 2.75 bits per heavy atom. The van der Waals surface area contributed by atoms with Crippen molar-refractivity contribution >= 4 is 10.0 Å². The monoisotopic (exact) mass is 352 g/mol. The van der Waals surface area contributed by atoms with E-state index in [9.17, 15) is 13.2 Å². The van der Waals surface area contributed by atoms with Crippen molar-refractivity contribution in [1.29, 1.82) is 0 Å². The van der Waals surface area contributed by atoms with Crippen LogP contribution in [0.25, 0.3) is 0 Å². The predicted molar refractivity (Wildman–Crippen MR) is 90.4 cm³/mol. The van der Waals surface area contributed by atoms with Crippen LogP contribution in [0.15, 0.2) is 10.9 Å². The summed E-state index contributed by atoms with van der Waals surface area (Å²) in [5.74, 6) is 0.729. The molecule has 7 nitrogen and oxygen atoms in total. The molecule has 24 heavy (non-hydrogen) atoms. The molecule has 3 aliphatic rings. The first-order valence-corrected chi connectivity index (χ1v) is 10.4. The zero-order valence-corrected chi connectivity index (χ0v) is 14.7. The van der Waals surface area contributed by atoms with Crippen molar-refractivity contribution in [3.63, 3.8) is 0 Å². The summed E-state index contributed by atoms with van der Waals surface area (Å²) in [5, 5.41) is 4.53. The summed E-state index contributed by atoms with van der Waals surface area (Å²) in [7, 11) is -2.99. The van der Waals surface area contributed by atoms with Crippen LogP contribution in [0.5, 0.6) is 0 Å². The SMILES string of the molecule is O=c1cc2c(nn1CC1CN(CCN3CCCS3(=O)=O)C1)CCC2. The Bertz CT molecular complexity index is 783. The van der Waals surface area contributed by atoms with Gasteiger partial charge in [-0.3, -0.25) is 4.79 Å². The van der Waals surface area contributed by atoms with Gasteiger partial charge < -0.3 is 4.90 Å². The summed E-state index contributed by atoms with van der Waals surface area (Å²) in [5.41, 5.74) is 2.22. The molecular weight excluding hydrogens is 328 g/mol. The molecule has 132 valence electrons. The van der Waals surface area contributed by atoms with Crippen molar-refractivity contribution in [2.75, 3.05) is 38.5 Å². The van der Waals surface area contributed by atoms with Gasteiger partial charge in [0, 0.05) is 44.7 Å². The molecule has 3 heterocycles. The van der Waals surface area contributed by atoms with E-state index in [0.29, 0.717) is 31.3 Å². The van der Waals surface area contributed by atoms with E-state index < -0.39 is 10.0 Å². The maximum Gasteiger partial charge on any atom is 0.267 e. The third-order valence-corrected chi connectivity index (χ3v) is 7.31. The zero-order chi connectivity index (χ0) is 16.7. The van der Waals surface area contributed by atoms with Crippen LogP contribution in [-0.4, -0.2) is 65.9 Å². The standard InChI is InChI=1S/C16H24N4O3S/c21-16-9-14-3-1-4-15(14)17-20(16)12-13-10-18(11-13)6-7-19-5-2-8-24(19,22)23/h9,13H,1-8,10-12H2. The van der Waals surface area contributed by atoms with Gasteiger partial charge in [0.15, 0.2) is 0 Å². The molecule has 0 unspecified atom stereocenters. The van der Waals surface area contributed by atoms with Gasteiger partial charge in [0.2, 0.25) is 10.0 Å². The van der Waals surface area contributed by atoms with Crippen molar-refractivity contribution in [2.24, 2.45) is 5.92 Å². The summed E-state index contributed by atoms with van der Waals surface area (Å²) in [6, 6.07) is 1.75. The Hall–Kier alpha value is -1.25. The number of rotatable bonds is 5. The Morgan fingerprint density at radius 2 is 2.00 bits per heavy atom. The molecule has 0 atom stereocenters. The first-order valence-electron chi connectivity index (χ1n) is 8.81. The molecule has 0 aromatic carbocycles. The number of hydrogen-bond donors (Lipinski definition) is 0. The molecule has 2 saturated heterocycles. The predicted octanol–water partition coefficient (Wildman–Crippen LogP) is -0.301. The molecule has 1 aromatic heterocycles. The highest BCUT2D eigenvalue weighted by Crippen LogP contribution is 2.20. The molecule has 0 saturated carbocycles. The van der Waals surface area contributed by atoms with Gasteiger partial charge in [-0.05, 0) is 31.2 Å². The van der Waals surface area contributed by atoms with E-state index in [2.05, 4.69) is 10.00 Å². The van der Waals surface area contributed by atoms with E-state index in [0.717, 1.165) is 56.6 Å². The minimum absolute atomic E-state index is 0.0114. The lowest BCUT2D eigenvalue weighted by Gasteiger charge is -2.39. The van der Waals surface area contributed by atoms with Crippen LogP contribution in [0.1, 0.15) is 24.1 Å². The zero-order valence-electron chi connectivity index (χ0n) is 13.9. The second-order valence-corrected chi connectivity index (χ2v) is 9.27. The van der Waals surface area contributed by atoms with Crippen LogP contribution >= 0.6 is 0 Å². The van der Waals surface area contributed by atoms with Crippen LogP contribution in [-0.2, 0) is 29.4 Å². The van der Waals surface area contributed by atoms with Crippen molar-refractivity contribution in [1.82, 2.24) is 19.0 Å². The topological polar surface area (TPSA) is 75.5 Å². The lowest BCUT2D eigenvalue weighted by atomic mass is 10.0. The molecule has 2 fully saturated rings. The third kappa shape index (κ3) is 3.14. The Balaban J connectivity index is 1.27. The van der Waals surface area contributed by atoms with Crippen LogP contribution in [0, 0.1) is 5.92 Å². The average molecular weight is 352 g/mol. The van der Waals surface area contributed by atoms with Crippen molar-refractivity contribution in [3.05, 3.63) is 27.7 Å². The highest BCUT2D eigenvalue weighted by Gasteiger charge is 2.31. The maximum atomic E-state index is 12.1. The molecule has 0 spiro atoms. The molecule has 4 rings (SSSR count). The van der Waals surface area contributed by atoms with Crippen LogP contribution in [0.4, 0.5) is 0 Å². The average Bonchev–Trinajstić information content (AvgIpc) is 3.06. The highest BCUT2D eigenvalue weighted by molar-refractivity contribution is 7.89. The number of aromatic nitrogens is 2. The number of aryl methyl sites for hydroxylation is 2. The fourth-order valence-electron chi connectivity index (χ4n) is 3.98. The van der Waals surface area contributed by atoms with Gasteiger partial charge in [0.25, 0.3) is 5.56 Å². The van der Waals surface area contributed by atoms with Gasteiger partial charge in [0.05, 0.1) is 18.0 Å². The van der Waals surface area contributed by atoms with E-state index in [-0.39, 0.29) is 5.56 Å². The van der Waals surface area contributed by atoms with E-state index in [1.54, 1.807) is 15.1 Å². The van der Waals surface area contributed by atoms with E-state index >= 15 is 0 Å². The summed E-state index contributed by atoms with van der Waals surface area (Å²) >= 11 is 0. The Kier molecular flexibility index (Phi) is 4.22. The van der Waals surface area contributed by atoms with E-state index in [1.165, 1.54) is 0 Å². The van der Waals surface area contributed by atoms with Gasteiger partial charge >= 0.3 is 0 Å². The second kappa shape index (κ2) is 6.24. The normalized spacial score (nSPS) is 24.2. The van der Waals surface area contributed by atoms with Crippen molar-refractivity contribution in [3.8, 4) is 0 Å². The first-order chi connectivity index (χ1) is 11.5. The number of sulfonamides is 1. The van der Waals surface area contributed by atoms with Gasteiger partial charge in [-0.15, -0.1) is 0 Å². The highest BCUT2D eigenvalue weighted by atomic mass is 32.2. The van der Waals surface area contributed by atoms with Crippen molar-refractivity contribution in [2.45, 2.75) is 32.2 Å². The smallest absolute Gasteiger partial charge is 0.267 e. The minimum Gasteiger partial charge on any atom is -0.301 e. The molecule has 1 aliphatic carbocycles. The van der Waals surface area contributed by atoms with Crippen LogP contribution in [0.3, 0.4) is 0 Å².